The zero-order chi connectivity index (χ0) is 22.4. The molecule has 5 nitrogen and oxygen atoms in total. The summed E-state index contributed by atoms with van der Waals surface area (Å²) in [5.41, 5.74) is 5.47. The third-order valence-corrected chi connectivity index (χ3v) is 5.27. The Bertz CT molecular complexity index is 1130. The smallest absolute Gasteiger partial charge is 0.272 e. The van der Waals surface area contributed by atoms with Crippen LogP contribution in [0.15, 0.2) is 59.7 Å². The van der Waals surface area contributed by atoms with Gasteiger partial charge in [-0.1, -0.05) is 59.1 Å². The number of hydrogen-bond acceptors (Lipinski definition) is 4. The van der Waals surface area contributed by atoms with Crippen molar-refractivity contribution in [2.75, 3.05) is 7.11 Å². The lowest BCUT2D eigenvalue weighted by atomic mass is 10.1. The minimum atomic E-state index is -0.464. The van der Waals surface area contributed by atoms with Gasteiger partial charge in [0.15, 0.2) is 11.5 Å². The molecule has 0 radical (unpaired) electrons. The number of aryl methyl sites for hydroxylation is 1. The number of carbonyl (C=O) groups excluding carboxylic acids is 1. The Morgan fingerprint density at radius 2 is 1.84 bits per heavy atom. The lowest BCUT2D eigenvalue weighted by molar-refractivity contribution is 0.0955. The molecule has 0 unspecified atom stereocenters. The van der Waals surface area contributed by atoms with E-state index in [9.17, 15) is 4.79 Å². The number of halogens is 3. The van der Waals surface area contributed by atoms with Crippen molar-refractivity contribution >= 4 is 46.9 Å². The summed E-state index contributed by atoms with van der Waals surface area (Å²) >= 11 is 18.3. The van der Waals surface area contributed by atoms with Gasteiger partial charge in [0.25, 0.3) is 5.91 Å². The highest BCUT2D eigenvalue weighted by atomic mass is 35.5. The van der Waals surface area contributed by atoms with Gasteiger partial charge in [0.1, 0.15) is 6.61 Å². The molecule has 160 valence electrons. The van der Waals surface area contributed by atoms with Gasteiger partial charge < -0.3 is 9.47 Å². The van der Waals surface area contributed by atoms with Crippen LogP contribution in [0.2, 0.25) is 15.1 Å². The number of ether oxygens (including phenoxy) is 2. The number of rotatable bonds is 7. The summed E-state index contributed by atoms with van der Waals surface area (Å²) in [6.45, 7) is 2.37. The molecular weight excluding hydrogens is 459 g/mol. The Balaban J connectivity index is 1.71. The molecule has 0 bridgehead atoms. The summed E-state index contributed by atoms with van der Waals surface area (Å²) < 4.78 is 11.3. The van der Waals surface area contributed by atoms with Gasteiger partial charge in [-0.25, -0.2) is 5.43 Å². The minimum absolute atomic E-state index is 0.236. The van der Waals surface area contributed by atoms with E-state index in [-0.39, 0.29) is 10.6 Å². The van der Waals surface area contributed by atoms with E-state index < -0.39 is 5.91 Å². The molecule has 3 aromatic rings. The predicted molar refractivity (Wildman–Crippen MR) is 125 cm³/mol. The van der Waals surface area contributed by atoms with Crippen LogP contribution >= 0.6 is 34.8 Å². The van der Waals surface area contributed by atoms with Gasteiger partial charge in [-0.15, -0.1) is 0 Å². The van der Waals surface area contributed by atoms with Gasteiger partial charge >= 0.3 is 0 Å². The number of benzene rings is 3. The maximum atomic E-state index is 12.2. The van der Waals surface area contributed by atoms with E-state index >= 15 is 0 Å². The molecule has 0 aliphatic carbocycles. The molecule has 3 rings (SSSR count). The van der Waals surface area contributed by atoms with Crippen molar-refractivity contribution in [3.63, 3.8) is 0 Å². The van der Waals surface area contributed by atoms with Crippen LogP contribution in [0.3, 0.4) is 0 Å². The maximum absolute atomic E-state index is 12.2. The fraction of sp³-hybridized carbons (Fsp3) is 0.130. The first-order chi connectivity index (χ1) is 14.9. The SMILES string of the molecule is COc1cc(/C=N\NC(=O)c2ccc(Cl)cc2Cl)cc(Cl)c1OCc1ccccc1C. The van der Waals surface area contributed by atoms with Crippen molar-refractivity contribution in [2.24, 2.45) is 5.10 Å². The van der Waals surface area contributed by atoms with Crippen molar-refractivity contribution in [3.8, 4) is 11.5 Å². The van der Waals surface area contributed by atoms with Gasteiger partial charge in [0.05, 0.1) is 28.9 Å². The van der Waals surface area contributed by atoms with Crippen LogP contribution < -0.4 is 14.9 Å². The molecule has 0 heterocycles. The summed E-state index contributed by atoms with van der Waals surface area (Å²) in [6, 6.07) is 15.9. The van der Waals surface area contributed by atoms with Gasteiger partial charge in [0.2, 0.25) is 0 Å². The largest absolute Gasteiger partial charge is 0.493 e. The second-order valence-corrected chi connectivity index (χ2v) is 7.82. The molecule has 1 N–H and O–H groups in total. The normalized spacial score (nSPS) is 10.9. The standard InChI is InChI=1S/C23H19Cl3N2O3/c1-14-5-3-4-6-16(14)13-31-22-20(26)9-15(10-21(22)30-2)12-27-28-23(29)18-8-7-17(24)11-19(18)25/h3-12H,13H2,1-2H3,(H,28,29)/b27-12-. The van der Waals surface area contributed by atoms with Crippen LogP contribution in [0.5, 0.6) is 11.5 Å². The molecule has 0 aliphatic heterocycles. The van der Waals surface area contributed by atoms with E-state index in [0.29, 0.717) is 33.7 Å². The number of hydrogen-bond donors (Lipinski definition) is 1. The monoisotopic (exact) mass is 476 g/mol. The number of nitrogens with one attached hydrogen (secondary N) is 1. The third-order valence-electron chi connectivity index (χ3n) is 4.44. The number of amides is 1. The zero-order valence-corrected chi connectivity index (χ0v) is 19.1. The van der Waals surface area contributed by atoms with Crippen molar-refractivity contribution in [1.29, 1.82) is 0 Å². The first-order valence-electron chi connectivity index (χ1n) is 9.22. The van der Waals surface area contributed by atoms with Crippen LogP contribution in [0.1, 0.15) is 27.0 Å². The number of carbonyl (C=O) groups is 1. The van der Waals surface area contributed by atoms with Gasteiger partial charge in [0, 0.05) is 5.02 Å². The summed E-state index contributed by atoms with van der Waals surface area (Å²) in [5, 5.41) is 5.00. The fourth-order valence-corrected chi connectivity index (χ4v) is 3.54. The maximum Gasteiger partial charge on any atom is 0.272 e. The first kappa shape index (κ1) is 22.9. The molecule has 3 aromatic carbocycles. The third kappa shape index (κ3) is 5.91. The molecule has 0 atom stereocenters. The number of nitrogens with zero attached hydrogens (tertiary/aromatic N) is 1. The Hall–Kier alpha value is -2.73. The lowest BCUT2D eigenvalue weighted by Gasteiger charge is -2.14. The molecule has 0 aromatic heterocycles. The molecule has 8 heteroatoms. The fourth-order valence-electron chi connectivity index (χ4n) is 2.78. The van der Waals surface area contributed by atoms with Crippen LogP contribution in [0.4, 0.5) is 0 Å². The van der Waals surface area contributed by atoms with E-state index in [4.69, 9.17) is 44.3 Å². The van der Waals surface area contributed by atoms with Crippen molar-refractivity contribution in [1.82, 2.24) is 5.43 Å². The Morgan fingerprint density at radius 1 is 1.06 bits per heavy atom. The molecule has 0 saturated carbocycles. The molecule has 0 spiro atoms. The highest BCUT2D eigenvalue weighted by Crippen LogP contribution is 2.36. The summed E-state index contributed by atoms with van der Waals surface area (Å²) in [5.74, 6) is 0.422. The Kier molecular flexibility index (Phi) is 7.80. The Labute approximate surface area is 195 Å². The van der Waals surface area contributed by atoms with Gasteiger partial charge in [-0.05, 0) is 53.9 Å². The zero-order valence-electron chi connectivity index (χ0n) is 16.8. The van der Waals surface area contributed by atoms with Crippen LogP contribution in [0.25, 0.3) is 0 Å². The minimum Gasteiger partial charge on any atom is -0.493 e. The Morgan fingerprint density at radius 3 is 2.55 bits per heavy atom. The average Bonchev–Trinajstić information content (AvgIpc) is 2.73. The second kappa shape index (κ2) is 10.5. The topological polar surface area (TPSA) is 59.9 Å². The van der Waals surface area contributed by atoms with E-state index in [1.165, 1.54) is 25.5 Å². The van der Waals surface area contributed by atoms with E-state index in [1.54, 1.807) is 18.2 Å². The molecule has 0 fully saturated rings. The molecular formula is C23H19Cl3N2O3. The summed E-state index contributed by atoms with van der Waals surface area (Å²) in [4.78, 5) is 12.2. The van der Waals surface area contributed by atoms with E-state index in [2.05, 4.69) is 10.5 Å². The number of methoxy groups -OCH3 is 1. The van der Waals surface area contributed by atoms with Crippen LogP contribution in [0, 0.1) is 6.92 Å². The van der Waals surface area contributed by atoms with Crippen molar-refractivity contribution in [3.05, 3.63) is 91.9 Å². The molecule has 31 heavy (non-hydrogen) atoms. The highest BCUT2D eigenvalue weighted by Gasteiger charge is 2.13. The lowest BCUT2D eigenvalue weighted by Crippen LogP contribution is -2.18. The van der Waals surface area contributed by atoms with Crippen molar-refractivity contribution < 1.29 is 14.3 Å². The van der Waals surface area contributed by atoms with Crippen LogP contribution in [-0.4, -0.2) is 19.2 Å². The quantitative estimate of drug-likeness (QED) is 0.320. The van der Waals surface area contributed by atoms with Crippen molar-refractivity contribution in [2.45, 2.75) is 13.5 Å². The van der Waals surface area contributed by atoms with E-state index in [0.717, 1.165) is 11.1 Å². The van der Waals surface area contributed by atoms with Gasteiger partial charge in [-0.3, -0.25) is 4.79 Å². The summed E-state index contributed by atoms with van der Waals surface area (Å²) in [7, 11) is 1.53. The highest BCUT2D eigenvalue weighted by molar-refractivity contribution is 6.36. The summed E-state index contributed by atoms with van der Waals surface area (Å²) in [6.07, 6.45) is 1.45. The van der Waals surface area contributed by atoms with E-state index in [1.807, 2.05) is 31.2 Å². The first-order valence-corrected chi connectivity index (χ1v) is 10.4. The predicted octanol–water partition coefficient (Wildman–Crippen LogP) is 6.31. The number of hydrazone groups is 1. The van der Waals surface area contributed by atoms with Gasteiger partial charge in [-0.2, -0.15) is 5.10 Å². The second-order valence-electron chi connectivity index (χ2n) is 6.57. The molecule has 0 saturated heterocycles. The molecule has 1 amide bonds. The van der Waals surface area contributed by atoms with Crippen LogP contribution in [-0.2, 0) is 6.61 Å². The average molecular weight is 478 g/mol. The molecule has 0 aliphatic rings.